The molecule has 0 spiro atoms. The third-order valence-corrected chi connectivity index (χ3v) is 4.39. The largest absolute Gasteiger partial charge is 0.352 e. The molecular weight excluding hydrogens is 379 g/mol. The van der Waals surface area contributed by atoms with Gasteiger partial charge in [-0.15, -0.1) is 0 Å². The average molecular weight is 386 g/mol. The Labute approximate surface area is 152 Å². The van der Waals surface area contributed by atoms with Crippen LogP contribution in [0.4, 0.5) is 22.0 Å². The van der Waals surface area contributed by atoms with Crippen LogP contribution in [-0.4, -0.2) is 19.9 Å². The second-order valence-corrected chi connectivity index (χ2v) is 6.10. The number of hydrogen-bond acceptors (Lipinski definition) is 3. The fourth-order valence-electron chi connectivity index (χ4n) is 3.06. The molecule has 2 aromatic heterocycles. The molecule has 0 unspecified atom stereocenters. The van der Waals surface area contributed by atoms with E-state index in [9.17, 15) is 22.0 Å². The summed E-state index contributed by atoms with van der Waals surface area (Å²) in [6.45, 7) is 0. The lowest BCUT2D eigenvalue weighted by atomic mass is 10.1. The van der Waals surface area contributed by atoms with Crippen LogP contribution in [0.1, 0.15) is 0 Å². The Kier molecular flexibility index (Phi) is 3.36. The Hall–Kier alpha value is -3.62. The molecule has 0 saturated heterocycles. The molecule has 28 heavy (non-hydrogen) atoms. The predicted octanol–water partition coefficient (Wildman–Crippen LogP) is 5.02. The lowest BCUT2D eigenvalue weighted by Crippen LogP contribution is -2.04. The van der Waals surface area contributed by atoms with Crippen LogP contribution in [0.15, 0.2) is 36.4 Å². The number of halogens is 5. The molecule has 0 aliphatic carbocycles. The van der Waals surface area contributed by atoms with Gasteiger partial charge in [0.2, 0.25) is 5.82 Å². The molecule has 0 aliphatic heterocycles. The van der Waals surface area contributed by atoms with Gasteiger partial charge >= 0.3 is 0 Å². The molecular formula is C19H7F5N4. The smallest absolute Gasteiger partial charge is 0.200 e. The molecule has 0 atom stereocenters. The van der Waals surface area contributed by atoms with E-state index >= 15 is 0 Å². The number of para-hydroxylation sites is 2. The summed E-state index contributed by atoms with van der Waals surface area (Å²) in [5.74, 6) is -10.9. The molecule has 5 aromatic rings. The monoisotopic (exact) mass is 386 g/mol. The molecule has 3 aromatic carbocycles. The number of rotatable bonds is 1. The fraction of sp³-hybridized carbons (Fsp3) is 0. The second-order valence-electron chi connectivity index (χ2n) is 6.10. The molecule has 138 valence electrons. The molecule has 2 heterocycles. The van der Waals surface area contributed by atoms with Crippen molar-refractivity contribution in [2.45, 2.75) is 0 Å². The molecule has 0 radical (unpaired) electrons. The zero-order valence-corrected chi connectivity index (χ0v) is 13.7. The van der Waals surface area contributed by atoms with Crippen LogP contribution in [0.25, 0.3) is 44.5 Å². The number of nitrogens with zero attached hydrogens (tertiary/aromatic N) is 3. The lowest BCUT2D eigenvalue weighted by Gasteiger charge is -2.04. The summed E-state index contributed by atoms with van der Waals surface area (Å²) in [6.07, 6.45) is 0. The normalized spacial score (nSPS) is 11.8. The number of hydrogen-bond donors (Lipinski definition) is 1. The lowest BCUT2D eigenvalue weighted by molar-refractivity contribution is 0.381. The van der Waals surface area contributed by atoms with Gasteiger partial charge in [-0.3, -0.25) is 0 Å². The highest BCUT2D eigenvalue weighted by atomic mass is 19.2. The van der Waals surface area contributed by atoms with Crippen molar-refractivity contribution < 1.29 is 22.0 Å². The number of imidazole rings is 1. The maximum Gasteiger partial charge on any atom is 0.200 e. The van der Waals surface area contributed by atoms with E-state index in [4.69, 9.17) is 0 Å². The number of aromatic nitrogens is 4. The molecule has 0 bridgehead atoms. The molecule has 9 heteroatoms. The maximum atomic E-state index is 14.1. The van der Waals surface area contributed by atoms with Crippen molar-refractivity contribution in [1.29, 1.82) is 0 Å². The van der Waals surface area contributed by atoms with Gasteiger partial charge in [-0.25, -0.2) is 36.9 Å². The van der Waals surface area contributed by atoms with Crippen LogP contribution in [0.2, 0.25) is 0 Å². The van der Waals surface area contributed by atoms with Crippen molar-refractivity contribution >= 4 is 33.1 Å². The highest BCUT2D eigenvalue weighted by Gasteiger charge is 2.28. The van der Waals surface area contributed by atoms with E-state index in [1.54, 1.807) is 12.1 Å². The third-order valence-electron chi connectivity index (χ3n) is 4.39. The van der Waals surface area contributed by atoms with Crippen LogP contribution >= 0.6 is 0 Å². The zero-order chi connectivity index (χ0) is 19.6. The molecule has 5 rings (SSSR count). The first-order valence-electron chi connectivity index (χ1n) is 8.02. The number of benzene rings is 3. The number of H-pyrrole nitrogens is 1. The minimum Gasteiger partial charge on any atom is -0.352 e. The van der Waals surface area contributed by atoms with E-state index in [1.807, 2.05) is 18.2 Å². The first kappa shape index (κ1) is 16.5. The molecule has 0 fully saturated rings. The van der Waals surface area contributed by atoms with E-state index in [2.05, 4.69) is 19.9 Å². The van der Waals surface area contributed by atoms with Crippen LogP contribution in [-0.2, 0) is 0 Å². The summed E-state index contributed by atoms with van der Waals surface area (Å²) < 4.78 is 68.4. The van der Waals surface area contributed by atoms with Crippen LogP contribution in [0.5, 0.6) is 0 Å². The molecule has 4 nitrogen and oxygen atoms in total. The zero-order valence-electron chi connectivity index (χ0n) is 13.7. The van der Waals surface area contributed by atoms with Crippen molar-refractivity contribution in [3.63, 3.8) is 0 Å². The molecule has 0 amide bonds. The Morgan fingerprint density at radius 1 is 0.571 bits per heavy atom. The van der Waals surface area contributed by atoms with Crippen molar-refractivity contribution in [1.82, 2.24) is 19.9 Å². The SMILES string of the molecule is Fc1c(F)c(F)c(-c2nc3cc4nc5ccccc5[nH]c4cc3n2)c(F)c1F. The minimum absolute atomic E-state index is 0.211. The van der Waals surface area contributed by atoms with Crippen LogP contribution < -0.4 is 0 Å². The van der Waals surface area contributed by atoms with Gasteiger partial charge in [-0.1, -0.05) is 12.1 Å². The van der Waals surface area contributed by atoms with Crippen molar-refractivity contribution in [2.24, 2.45) is 0 Å². The molecule has 0 saturated carbocycles. The van der Waals surface area contributed by atoms with Gasteiger partial charge in [0.1, 0.15) is 0 Å². The van der Waals surface area contributed by atoms with Crippen LogP contribution in [0, 0.1) is 29.1 Å². The Bertz CT molecular complexity index is 1330. The van der Waals surface area contributed by atoms with E-state index in [0.29, 0.717) is 16.6 Å². The minimum atomic E-state index is -2.23. The van der Waals surface area contributed by atoms with Crippen molar-refractivity contribution in [2.75, 3.05) is 0 Å². The first-order chi connectivity index (χ1) is 13.4. The van der Waals surface area contributed by atoms with Gasteiger partial charge in [-0.2, -0.15) is 0 Å². The Balaban J connectivity index is 1.79. The average Bonchev–Trinajstić information content (AvgIpc) is 3.09. The molecule has 0 aliphatic rings. The quantitative estimate of drug-likeness (QED) is 0.190. The van der Waals surface area contributed by atoms with Gasteiger partial charge in [0, 0.05) is 0 Å². The number of aromatic amines is 1. The summed E-state index contributed by atoms with van der Waals surface area (Å²) >= 11 is 0. The highest BCUT2D eigenvalue weighted by Crippen LogP contribution is 2.32. The fourth-order valence-corrected chi connectivity index (χ4v) is 3.06. The summed E-state index contributed by atoms with van der Waals surface area (Å²) in [4.78, 5) is 15.5. The number of nitrogens with one attached hydrogen (secondary N) is 1. The summed E-state index contributed by atoms with van der Waals surface area (Å²) in [6, 6.07) is 10.3. The van der Waals surface area contributed by atoms with E-state index in [0.717, 1.165) is 5.52 Å². The van der Waals surface area contributed by atoms with Gasteiger partial charge in [-0.05, 0) is 24.3 Å². The van der Waals surface area contributed by atoms with Gasteiger partial charge < -0.3 is 4.98 Å². The second kappa shape index (κ2) is 5.69. The van der Waals surface area contributed by atoms with E-state index in [-0.39, 0.29) is 11.0 Å². The Morgan fingerprint density at radius 2 is 1.18 bits per heavy atom. The van der Waals surface area contributed by atoms with Crippen molar-refractivity contribution in [3.8, 4) is 11.4 Å². The van der Waals surface area contributed by atoms with Gasteiger partial charge in [0.15, 0.2) is 29.1 Å². The van der Waals surface area contributed by atoms with Gasteiger partial charge in [0.05, 0.1) is 38.7 Å². The number of fused-ring (bicyclic) bond motifs is 3. The molecule has 1 N–H and O–H groups in total. The van der Waals surface area contributed by atoms with Crippen LogP contribution in [0.3, 0.4) is 0 Å². The Morgan fingerprint density at radius 3 is 1.89 bits per heavy atom. The van der Waals surface area contributed by atoms with Crippen molar-refractivity contribution in [3.05, 3.63) is 65.5 Å². The highest BCUT2D eigenvalue weighted by molar-refractivity contribution is 5.95. The standard InChI is InChI=1S/C19H7F5N4/c20-14-13(15(21)17(23)18(24)16(14)22)19-27-11-5-9-10(6-12(11)28-19)26-8-4-2-1-3-7(8)25-9/h1-6,25H. The summed E-state index contributed by atoms with van der Waals surface area (Å²) in [5.41, 5.74) is 1.80. The van der Waals surface area contributed by atoms with Gasteiger partial charge in [0.25, 0.3) is 0 Å². The first-order valence-corrected chi connectivity index (χ1v) is 8.02. The maximum absolute atomic E-state index is 14.1. The summed E-state index contributed by atoms with van der Waals surface area (Å²) in [7, 11) is 0. The van der Waals surface area contributed by atoms with E-state index in [1.165, 1.54) is 6.07 Å². The predicted molar refractivity (Wildman–Crippen MR) is 91.9 cm³/mol. The van der Waals surface area contributed by atoms with E-state index < -0.39 is 40.5 Å². The third kappa shape index (κ3) is 2.25. The topological polar surface area (TPSA) is 54.5 Å². The summed E-state index contributed by atoms with van der Waals surface area (Å²) in [5, 5.41) is 0.